The molecule has 0 unspecified atom stereocenters. The Morgan fingerprint density at radius 2 is 1.72 bits per heavy atom. The summed E-state index contributed by atoms with van der Waals surface area (Å²) < 4.78 is 0. The fraction of sp³-hybridized carbons (Fsp3) is 0.933. The van der Waals surface area contributed by atoms with Gasteiger partial charge in [0.15, 0.2) is 0 Å². The fourth-order valence-electron chi connectivity index (χ4n) is 2.96. The minimum absolute atomic E-state index is 0.565. The Kier molecular flexibility index (Phi) is 6.69. The summed E-state index contributed by atoms with van der Waals surface area (Å²) in [7, 11) is 0. The van der Waals surface area contributed by atoms with Crippen molar-refractivity contribution in [3.63, 3.8) is 0 Å². The van der Waals surface area contributed by atoms with Crippen molar-refractivity contribution in [1.29, 1.82) is 0 Å². The quantitative estimate of drug-likeness (QED) is 0.685. The Balaban J connectivity index is 2.36. The number of carboxylic acid groups (broad SMARTS) is 1. The molecule has 3 nitrogen and oxygen atoms in total. The van der Waals surface area contributed by atoms with Crippen LogP contribution >= 0.6 is 0 Å². The van der Waals surface area contributed by atoms with Crippen molar-refractivity contribution in [2.24, 2.45) is 11.3 Å². The number of hydrogen-bond acceptors (Lipinski definition) is 2. The highest BCUT2D eigenvalue weighted by Gasteiger charge is 2.34. The van der Waals surface area contributed by atoms with Crippen LogP contribution in [0.3, 0.4) is 0 Å². The van der Waals surface area contributed by atoms with Gasteiger partial charge in [-0.3, -0.25) is 4.79 Å². The maximum atomic E-state index is 11.4. The molecule has 106 valence electrons. The predicted molar refractivity (Wildman–Crippen MR) is 74.7 cm³/mol. The van der Waals surface area contributed by atoms with Crippen LogP contribution in [-0.4, -0.2) is 24.2 Å². The molecule has 0 aromatic carbocycles. The van der Waals surface area contributed by atoms with Crippen molar-refractivity contribution < 1.29 is 9.90 Å². The molecule has 0 heterocycles. The summed E-state index contributed by atoms with van der Waals surface area (Å²) in [5.74, 6) is 0.105. The van der Waals surface area contributed by atoms with Gasteiger partial charge in [0.05, 0.1) is 5.41 Å². The lowest BCUT2D eigenvalue weighted by Gasteiger charge is -2.28. The molecule has 0 aromatic rings. The molecule has 0 aliphatic heterocycles. The van der Waals surface area contributed by atoms with E-state index in [1.807, 2.05) is 13.8 Å². The zero-order chi connectivity index (χ0) is 13.4. The van der Waals surface area contributed by atoms with Gasteiger partial charge in [-0.15, -0.1) is 0 Å². The van der Waals surface area contributed by atoms with E-state index in [1.165, 1.54) is 38.5 Å². The molecule has 0 aromatic heterocycles. The maximum absolute atomic E-state index is 11.4. The van der Waals surface area contributed by atoms with Crippen LogP contribution in [0.5, 0.6) is 0 Å². The monoisotopic (exact) mass is 255 g/mol. The van der Waals surface area contributed by atoms with Crippen LogP contribution in [0.2, 0.25) is 0 Å². The highest BCUT2D eigenvalue weighted by atomic mass is 16.4. The highest BCUT2D eigenvalue weighted by Crippen LogP contribution is 2.26. The molecule has 1 fully saturated rings. The molecule has 0 amide bonds. The van der Waals surface area contributed by atoms with Gasteiger partial charge in [0.25, 0.3) is 0 Å². The zero-order valence-electron chi connectivity index (χ0n) is 12.0. The van der Waals surface area contributed by atoms with E-state index in [1.54, 1.807) is 0 Å². The first-order valence-electron chi connectivity index (χ1n) is 7.58. The van der Waals surface area contributed by atoms with Gasteiger partial charge >= 0.3 is 5.97 Å². The first kappa shape index (κ1) is 15.5. The lowest BCUT2D eigenvalue weighted by molar-refractivity contribution is -0.149. The van der Waals surface area contributed by atoms with Crippen molar-refractivity contribution in [2.75, 3.05) is 13.1 Å². The summed E-state index contributed by atoms with van der Waals surface area (Å²) >= 11 is 0. The number of hydrogen-bond donors (Lipinski definition) is 2. The van der Waals surface area contributed by atoms with Crippen molar-refractivity contribution in [3.8, 4) is 0 Å². The summed E-state index contributed by atoms with van der Waals surface area (Å²) in [4.78, 5) is 11.4. The molecule has 1 saturated carbocycles. The molecule has 0 atom stereocenters. The van der Waals surface area contributed by atoms with Gasteiger partial charge in [-0.25, -0.2) is 0 Å². The van der Waals surface area contributed by atoms with Crippen molar-refractivity contribution >= 4 is 5.97 Å². The molecule has 0 saturated heterocycles. The minimum atomic E-state index is -0.652. The van der Waals surface area contributed by atoms with Gasteiger partial charge in [0, 0.05) is 6.54 Å². The van der Waals surface area contributed by atoms with Gasteiger partial charge in [-0.1, -0.05) is 39.5 Å². The van der Waals surface area contributed by atoms with Crippen molar-refractivity contribution in [3.05, 3.63) is 0 Å². The topological polar surface area (TPSA) is 49.3 Å². The van der Waals surface area contributed by atoms with E-state index in [0.29, 0.717) is 19.4 Å². The van der Waals surface area contributed by atoms with E-state index in [0.717, 1.165) is 12.5 Å². The molecular weight excluding hydrogens is 226 g/mol. The molecule has 1 aliphatic rings. The normalized spacial score (nSPS) is 18.6. The number of rotatable bonds is 7. The van der Waals surface area contributed by atoms with Crippen LogP contribution in [-0.2, 0) is 4.79 Å². The van der Waals surface area contributed by atoms with Crippen LogP contribution in [0, 0.1) is 11.3 Å². The number of nitrogens with one attached hydrogen (secondary N) is 1. The zero-order valence-corrected chi connectivity index (χ0v) is 12.0. The van der Waals surface area contributed by atoms with Crippen LogP contribution in [0.15, 0.2) is 0 Å². The van der Waals surface area contributed by atoms with Crippen molar-refractivity contribution in [2.45, 2.75) is 65.2 Å². The summed E-state index contributed by atoms with van der Waals surface area (Å²) in [5.41, 5.74) is -0.565. The third kappa shape index (κ3) is 4.27. The second-order valence-corrected chi connectivity index (χ2v) is 5.78. The molecule has 1 aliphatic carbocycles. The third-order valence-electron chi connectivity index (χ3n) is 4.68. The smallest absolute Gasteiger partial charge is 0.310 e. The molecule has 0 bridgehead atoms. The average molecular weight is 255 g/mol. The molecule has 1 rings (SSSR count). The van der Waals surface area contributed by atoms with E-state index in [-0.39, 0.29) is 0 Å². The Labute approximate surface area is 111 Å². The van der Waals surface area contributed by atoms with Crippen LogP contribution in [0.25, 0.3) is 0 Å². The fourth-order valence-corrected chi connectivity index (χ4v) is 2.96. The Hall–Kier alpha value is -0.570. The molecule has 0 radical (unpaired) electrons. The second kappa shape index (κ2) is 7.78. The molecular formula is C15H29NO2. The van der Waals surface area contributed by atoms with Crippen LogP contribution in [0.4, 0.5) is 0 Å². The van der Waals surface area contributed by atoms with Gasteiger partial charge in [0.2, 0.25) is 0 Å². The van der Waals surface area contributed by atoms with Crippen LogP contribution < -0.4 is 5.32 Å². The van der Waals surface area contributed by atoms with Gasteiger partial charge in [-0.05, 0) is 38.1 Å². The predicted octanol–water partition coefficient (Wildman–Crippen LogP) is 3.44. The number of carbonyl (C=O) groups is 1. The van der Waals surface area contributed by atoms with Gasteiger partial charge in [0.1, 0.15) is 0 Å². The number of carboxylic acids is 1. The first-order chi connectivity index (χ1) is 8.64. The molecule has 3 heteroatoms. The highest BCUT2D eigenvalue weighted by molar-refractivity contribution is 5.74. The minimum Gasteiger partial charge on any atom is -0.481 e. The van der Waals surface area contributed by atoms with Crippen molar-refractivity contribution in [1.82, 2.24) is 5.32 Å². The van der Waals surface area contributed by atoms with E-state index >= 15 is 0 Å². The lowest BCUT2D eigenvalue weighted by Crippen LogP contribution is -2.41. The molecule has 0 spiro atoms. The van der Waals surface area contributed by atoms with Gasteiger partial charge in [-0.2, -0.15) is 0 Å². The molecule has 18 heavy (non-hydrogen) atoms. The Bertz CT molecular complexity index is 241. The van der Waals surface area contributed by atoms with Crippen LogP contribution in [0.1, 0.15) is 65.2 Å². The summed E-state index contributed by atoms with van der Waals surface area (Å²) in [5, 5.41) is 12.8. The molecule has 2 N–H and O–H groups in total. The second-order valence-electron chi connectivity index (χ2n) is 5.78. The largest absolute Gasteiger partial charge is 0.481 e. The average Bonchev–Trinajstić information content (AvgIpc) is 2.63. The van der Waals surface area contributed by atoms with E-state index < -0.39 is 11.4 Å². The standard InChI is InChI=1S/C15H29NO2/c1-3-15(4-2,14(17)18)12-16-11-13-9-7-5-6-8-10-13/h13,16H,3-12H2,1-2H3,(H,17,18). The number of aliphatic carboxylic acids is 1. The SMILES string of the molecule is CCC(CC)(CNCC1CCCCCC1)C(=O)O. The summed E-state index contributed by atoms with van der Waals surface area (Å²) in [6.45, 7) is 5.57. The van der Waals surface area contributed by atoms with Gasteiger partial charge < -0.3 is 10.4 Å². The van der Waals surface area contributed by atoms with E-state index in [9.17, 15) is 9.90 Å². The third-order valence-corrected chi connectivity index (χ3v) is 4.68. The first-order valence-corrected chi connectivity index (χ1v) is 7.58. The summed E-state index contributed by atoms with van der Waals surface area (Å²) in [6.07, 6.45) is 9.47. The van der Waals surface area contributed by atoms with E-state index in [4.69, 9.17) is 0 Å². The maximum Gasteiger partial charge on any atom is 0.310 e. The Morgan fingerprint density at radius 3 is 2.17 bits per heavy atom. The lowest BCUT2D eigenvalue weighted by atomic mass is 9.82. The van der Waals surface area contributed by atoms with E-state index in [2.05, 4.69) is 5.32 Å². The summed E-state index contributed by atoms with van der Waals surface area (Å²) in [6, 6.07) is 0. The Morgan fingerprint density at radius 1 is 1.17 bits per heavy atom.